The molecule has 1 aromatic rings. The summed E-state index contributed by atoms with van der Waals surface area (Å²) >= 11 is 3.25. The average Bonchev–Trinajstić information content (AvgIpc) is 2.85. The summed E-state index contributed by atoms with van der Waals surface area (Å²) in [5.41, 5.74) is -0.292. The number of hydrogen-bond donors (Lipinski definition) is 2. The van der Waals surface area contributed by atoms with E-state index in [2.05, 4.69) is 21.2 Å². The number of furan rings is 1. The van der Waals surface area contributed by atoms with Gasteiger partial charge in [0.1, 0.15) is 5.76 Å². The van der Waals surface area contributed by atoms with E-state index < -0.39 is 0 Å². The fourth-order valence-electron chi connectivity index (χ4n) is 1.65. The maximum absolute atomic E-state index is 9.32. The first kappa shape index (κ1) is 11.1. The van der Waals surface area contributed by atoms with E-state index in [1.807, 2.05) is 12.1 Å². The second-order valence-electron chi connectivity index (χ2n) is 3.80. The largest absolute Gasteiger partial charge is 0.453 e. The summed E-state index contributed by atoms with van der Waals surface area (Å²) in [7, 11) is 0. The van der Waals surface area contributed by atoms with Crippen LogP contribution in [0.25, 0.3) is 0 Å². The molecule has 1 fully saturated rings. The van der Waals surface area contributed by atoms with Gasteiger partial charge in [-0.15, -0.1) is 0 Å². The molecule has 1 aliphatic rings. The molecule has 0 amide bonds. The molecule has 0 spiro atoms. The van der Waals surface area contributed by atoms with E-state index in [9.17, 15) is 5.11 Å². The lowest BCUT2D eigenvalue weighted by Gasteiger charge is -2.25. The third-order valence-electron chi connectivity index (χ3n) is 2.67. The second-order valence-corrected chi connectivity index (χ2v) is 4.58. The van der Waals surface area contributed by atoms with Gasteiger partial charge < -0.3 is 19.6 Å². The first-order valence-corrected chi connectivity index (χ1v) is 5.71. The Labute approximate surface area is 96.7 Å². The maximum atomic E-state index is 9.32. The highest BCUT2D eigenvalue weighted by Crippen LogP contribution is 2.20. The highest BCUT2D eigenvalue weighted by Gasteiger charge is 2.33. The molecule has 1 saturated heterocycles. The van der Waals surface area contributed by atoms with Crippen LogP contribution in [0.1, 0.15) is 12.2 Å². The van der Waals surface area contributed by atoms with Crippen molar-refractivity contribution in [1.29, 1.82) is 0 Å². The van der Waals surface area contributed by atoms with Crippen molar-refractivity contribution in [2.45, 2.75) is 18.5 Å². The van der Waals surface area contributed by atoms with Crippen LogP contribution >= 0.6 is 15.9 Å². The molecule has 4 nitrogen and oxygen atoms in total. The van der Waals surface area contributed by atoms with Crippen molar-refractivity contribution in [2.75, 3.05) is 19.8 Å². The lowest BCUT2D eigenvalue weighted by atomic mass is 10.0. The van der Waals surface area contributed by atoms with Crippen LogP contribution in [-0.4, -0.2) is 30.5 Å². The number of halogens is 1. The van der Waals surface area contributed by atoms with Gasteiger partial charge in [0.05, 0.1) is 25.3 Å². The van der Waals surface area contributed by atoms with Gasteiger partial charge in [0.25, 0.3) is 0 Å². The number of nitrogens with one attached hydrogen (secondary N) is 1. The van der Waals surface area contributed by atoms with Crippen LogP contribution in [-0.2, 0) is 11.3 Å². The van der Waals surface area contributed by atoms with Crippen LogP contribution in [0.15, 0.2) is 21.2 Å². The Hall–Kier alpha value is -0.360. The highest BCUT2D eigenvalue weighted by molar-refractivity contribution is 9.10. The molecule has 0 saturated carbocycles. The minimum Gasteiger partial charge on any atom is -0.453 e. The fraction of sp³-hybridized carbons (Fsp3) is 0.600. The van der Waals surface area contributed by atoms with E-state index in [1.165, 1.54) is 0 Å². The normalized spacial score (nSPS) is 26.0. The maximum Gasteiger partial charge on any atom is 0.169 e. The smallest absolute Gasteiger partial charge is 0.169 e. The molecular formula is C10H14BrNO3. The van der Waals surface area contributed by atoms with Gasteiger partial charge in [-0.3, -0.25) is 0 Å². The number of aliphatic hydroxyl groups is 1. The molecule has 5 heteroatoms. The number of aliphatic hydroxyl groups excluding tert-OH is 1. The van der Waals surface area contributed by atoms with Gasteiger partial charge in [-0.05, 0) is 34.5 Å². The van der Waals surface area contributed by atoms with Gasteiger partial charge in [0.15, 0.2) is 4.67 Å². The Kier molecular flexibility index (Phi) is 3.45. The summed E-state index contributed by atoms with van der Waals surface area (Å²) in [4.78, 5) is 0. The van der Waals surface area contributed by atoms with Gasteiger partial charge in [-0.25, -0.2) is 0 Å². The number of ether oxygens (including phenoxy) is 1. The lowest BCUT2D eigenvalue weighted by molar-refractivity contribution is 0.118. The minimum atomic E-state index is -0.292. The first-order chi connectivity index (χ1) is 7.24. The van der Waals surface area contributed by atoms with Gasteiger partial charge in [-0.1, -0.05) is 0 Å². The predicted molar refractivity (Wildman–Crippen MR) is 58.5 cm³/mol. The van der Waals surface area contributed by atoms with Crippen molar-refractivity contribution in [3.63, 3.8) is 0 Å². The SMILES string of the molecule is OC[C@]1(NCc2ccc(Br)o2)CCOC1. The van der Waals surface area contributed by atoms with Gasteiger partial charge in [0, 0.05) is 6.61 Å². The van der Waals surface area contributed by atoms with E-state index >= 15 is 0 Å². The van der Waals surface area contributed by atoms with Crippen LogP contribution in [0.5, 0.6) is 0 Å². The van der Waals surface area contributed by atoms with Crippen molar-refractivity contribution < 1.29 is 14.3 Å². The predicted octanol–water partition coefficient (Wildman–Crippen LogP) is 1.28. The van der Waals surface area contributed by atoms with E-state index in [1.54, 1.807) is 0 Å². The van der Waals surface area contributed by atoms with Crippen LogP contribution in [0, 0.1) is 0 Å². The monoisotopic (exact) mass is 275 g/mol. The van der Waals surface area contributed by atoms with Crippen LogP contribution in [0.2, 0.25) is 0 Å². The highest BCUT2D eigenvalue weighted by atomic mass is 79.9. The molecule has 0 aliphatic carbocycles. The summed E-state index contributed by atoms with van der Waals surface area (Å²) in [5.74, 6) is 0.849. The molecule has 0 aromatic carbocycles. The topological polar surface area (TPSA) is 54.6 Å². The van der Waals surface area contributed by atoms with Crippen molar-refractivity contribution in [1.82, 2.24) is 5.32 Å². The molecule has 1 aliphatic heterocycles. The van der Waals surface area contributed by atoms with E-state index in [0.717, 1.165) is 16.9 Å². The summed E-state index contributed by atoms with van der Waals surface area (Å²) in [6.45, 7) is 1.96. The molecular weight excluding hydrogens is 262 g/mol. The van der Waals surface area contributed by atoms with Crippen LogP contribution in [0.4, 0.5) is 0 Å². The molecule has 2 N–H and O–H groups in total. The zero-order chi connectivity index (χ0) is 10.7. The standard InChI is InChI=1S/C10H14BrNO3/c11-9-2-1-8(15-9)5-12-10(6-13)3-4-14-7-10/h1-2,12-13H,3-7H2/t10-/m1/s1. The third-order valence-corrected chi connectivity index (χ3v) is 3.10. The molecule has 0 unspecified atom stereocenters. The van der Waals surface area contributed by atoms with Crippen molar-refractivity contribution >= 4 is 15.9 Å². The van der Waals surface area contributed by atoms with E-state index in [0.29, 0.717) is 19.8 Å². The van der Waals surface area contributed by atoms with Crippen molar-refractivity contribution in [3.8, 4) is 0 Å². The van der Waals surface area contributed by atoms with Gasteiger partial charge in [-0.2, -0.15) is 0 Å². The Balaban J connectivity index is 1.91. The molecule has 2 rings (SSSR count). The fourth-order valence-corrected chi connectivity index (χ4v) is 1.99. The molecule has 1 aromatic heterocycles. The molecule has 84 valence electrons. The number of hydrogen-bond acceptors (Lipinski definition) is 4. The second kappa shape index (κ2) is 4.65. The van der Waals surface area contributed by atoms with E-state index in [4.69, 9.17) is 9.15 Å². The summed E-state index contributed by atoms with van der Waals surface area (Å²) in [6.07, 6.45) is 0.839. The quantitative estimate of drug-likeness (QED) is 0.870. The molecule has 0 radical (unpaired) electrons. The summed E-state index contributed by atoms with van der Waals surface area (Å²) in [6, 6.07) is 3.76. The average molecular weight is 276 g/mol. The Morgan fingerprint density at radius 3 is 2.93 bits per heavy atom. The molecule has 2 heterocycles. The van der Waals surface area contributed by atoms with Crippen molar-refractivity contribution in [2.24, 2.45) is 0 Å². The Morgan fingerprint density at radius 1 is 1.53 bits per heavy atom. The Morgan fingerprint density at radius 2 is 2.40 bits per heavy atom. The van der Waals surface area contributed by atoms with Crippen LogP contribution < -0.4 is 5.32 Å². The lowest BCUT2D eigenvalue weighted by Crippen LogP contribution is -2.48. The van der Waals surface area contributed by atoms with Gasteiger partial charge >= 0.3 is 0 Å². The number of rotatable bonds is 4. The minimum absolute atomic E-state index is 0.0921. The van der Waals surface area contributed by atoms with Crippen molar-refractivity contribution in [3.05, 3.63) is 22.6 Å². The zero-order valence-electron chi connectivity index (χ0n) is 8.33. The molecule has 1 atom stereocenters. The zero-order valence-corrected chi connectivity index (χ0v) is 9.92. The van der Waals surface area contributed by atoms with Crippen LogP contribution in [0.3, 0.4) is 0 Å². The summed E-state index contributed by atoms with van der Waals surface area (Å²) in [5, 5.41) is 12.6. The van der Waals surface area contributed by atoms with E-state index in [-0.39, 0.29) is 12.1 Å². The first-order valence-electron chi connectivity index (χ1n) is 4.92. The summed E-state index contributed by atoms with van der Waals surface area (Å²) < 4.78 is 11.4. The van der Waals surface area contributed by atoms with Gasteiger partial charge in [0.2, 0.25) is 0 Å². The Bertz CT molecular complexity index is 320. The molecule has 0 bridgehead atoms. The third kappa shape index (κ3) is 2.60. The molecule has 15 heavy (non-hydrogen) atoms.